The number of rotatable bonds is 3. The average Bonchev–Trinajstić information content (AvgIpc) is 2.86. The second kappa shape index (κ2) is 5.37. The number of hydrogen-bond acceptors (Lipinski definition) is 2. The fourth-order valence-corrected chi connectivity index (χ4v) is 2.60. The summed E-state index contributed by atoms with van der Waals surface area (Å²) in [4.78, 5) is 12.1. The molecule has 0 radical (unpaired) electrons. The molecule has 1 aliphatic rings. The maximum absolute atomic E-state index is 12.1. The predicted octanol–water partition coefficient (Wildman–Crippen LogP) is 3.14. The number of benzene rings is 2. The van der Waals surface area contributed by atoms with E-state index >= 15 is 0 Å². The minimum Gasteiger partial charge on any atom is -0.384 e. The number of fused-ring (bicyclic) bond motifs is 1. The van der Waals surface area contributed by atoms with Crippen molar-refractivity contribution in [2.75, 3.05) is 17.2 Å². The number of amides is 1. The number of carbonyl (C=O) groups excluding carboxylic acids is 1. The first-order valence-electron chi connectivity index (χ1n) is 6.93. The van der Waals surface area contributed by atoms with Crippen LogP contribution in [0.15, 0.2) is 42.5 Å². The van der Waals surface area contributed by atoms with E-state index in [2.05, 4.69) is 16.7 Å². The highest BCUT2D eigenvalue weighted by Crippen LogP contribution is 2.25. The fraction of sp³-hybridized carbons (Fsp3) is 0.235. The molecular weight excluding hydrogens is 248 g/mol. The van der Waals surface area contributed by atoms with E-state index in [9.17, 15) is 4.79 Å². The molecule has 1 amide bonds. The Morgan fingerprint density at radius 3 is 3.00 bits per heavy atom. The zero-order chi connectivity index (χ0) is 13.9. The van der Waals surface area contributed by atoms with Gasteiger partial charge in [0.2, 0.25) is 5.91 Å². The second-order valence-corrected chi connectivity index (χ2v) is 5.26. The summed E-state index contributed by atoms with van der Waals surface area (Å²) in [6, 6.07) is 14.1. The lowest BCUT2D eigenvalue weighted by molar-refractivity contribution is -0.115. The molecule has 2 aromatic rings. The van der Waals surface area contributed by atoms with E-state index in [4.69, 9.17) is 0 Å². The predicted molar refractivity (Wildman–Crippen MR) is 82.1 cm³/mol. The normalized spacial score (nSPS) is 12.7. The Bertz CT molecular complexity index is 649. The summed E-state index contributed by atoms with van der Waals surface area (Å²) in [5, 5.41) is 6.29. The van der Waals surface area contributed by atoms with Gasteiger partial charge >= 0.3 is 0 Å². The number of aryl methyl sites for hydroxylation is 1. The minimum atomic E-state index is 0.0292. The third kappa shape index (κ3) is 2.82. The molecule has 1 aliphatic heterocycles. The lowest BCUT2D eigenvalue weighted by Crippen LogP contribution is -2.14. The van der Waals surface area contributed by atoms with Crippen LogP contribution in [0.4, 0.5) is 11.4 Å². The first-order chi connectivity index (χ1) is 9.70. The lowest BCUT2D eigenvalue weighted by Gasteiger charge is -2.08. The molecule has 102 valence electrons. The van der Waals surface area contributed by atoms with Crippen LogP contribution in [0.3, 0.4) is 0 Å². The first-order valence-corrected chi connectivity index (χ1v) is 6.93. The van der Waals surface area contributed by atoms with Gasteiger partial charge in [-0.3, -0.25) is 4.79 Å². The van der Waals surface area contributed by atoms with E-state index in [1.807, 2.05) is 43.3 Å². The largest absolute Gasteiger partial charge is 0.384 e. The van der Waals surface area contributed by atoms with Gasteiger partial charge in [-0.2, -0.15) is 0 Å². The Hall–Kier alpha value is -2.29. The van der Waals surface area contributed by atoms with Gasteiger partial charge in [0.15, 0.2) is 0 Å². The maximum atomic E-state index is 12.1. The molecule has 3 rings (SSSR count). The van der Waals surface area contributed by atoms with Crippen molar-refractivity contribution in [3.05, 3.63) is 59.2 Å². The van der Waals surface area contributed by atoms with Crippen molar-refractivity contribution in [2.45, 2.75) is 19.8 Å². The molecular formula is C17H18N2O. The molecule has 3 heteroatoms. The van der Waals surface area contributed by atoms with Gasteiger partial charge in [0.05, 0.1) is 6.42 Å². The van der Waals surface area contributed by atoms with Crippen molar-refractivity contribution in [3.63, 3.8) is 0 Å². The van der Waals surface area contributed by atoms with E-state index < -0.39 is 0 Å². The summed E-state index contributed by atoms with van der Waals surface area (Å²) in [6.45, 7) is 3.02. The van der Waals surface area contributed by atoms with E-state index in [1.165, 1.54) is 16.8 Å². The summed E-state index contributed by atoms with van der Waals surface area (Å²) in [6.07, 6.45) is 1.44. The highest BCUT2D eigenvalue weighted by molar-refractivity contribution is 5.92. The smallest absolute Gasteiger partial charge is 0.228 e. The zero-order valence-electron chi connectivity index (χ0n) is 11.6. The van der Waals surface area contributed by atoms with Gasteiger partial charge in [0.25, 0.3) is 0 Å². The van der Waals surface area contributed by atoms with Gasteiger partial charge in [0.1, 0.15) is 0 Å². The van der Waals surface area contributed by atoms with Crippen LogP contribution in [-0.2, 0) is 17.6 Å². The zero-order valence-corrected chi connectivity index (χ0v) is 11.6. The second-order valence-electron chi connectivity index (χ2n) is 5.26. The first kappa shape index (κ1) is 12.7. The average molecular weight is 266 g/mol. The Labute approximate surface area is 119 Å². The minimum absolute atomic E-state index is 0.0292. The molecule has 0 fully saturated rings. The van der Waals surface area contributed by atoms with Gasteiger partial charge in [-0.1, -0.05) is 29.8 Å². The van der Waals surface area contributed by atoms with E-state index in [-0.39, 0.29) is 5.91 Å². The number of anilines is 2. The number of carbonyl (C=O) groups is 1. The van der Waals surface area contributed by atoms with Gasteiger partial charge in [0, 0.05) is 17.9 Å². The van der Waals surface area contributed by atoms with Crippen molar-refractivity contribution in [1.29, 1.82) is 0 Å². The van der Waals surface area contributed by atoms with Gasteiger partial charge in [-0.15, -0.1) is 0 Å². The van der Waals surface area contributed by atoms with E-state index in [1.54, 1.807) is 0 Å². The van der Waals surface area contributed by atoms with Crippen LogP contribution >= 0.6 is 0 Å². The van der Waals surface area contributed by atoms with Crippen molar-refractivity contribution in [3.8, 4) is 0 Å². The Morgan fingerprint density at radius 1 is 1.25 bits per heavy atom. The third-order valence-electron chi connectivity index (χ3n) is 3.55. The third-order valence-corrected chi connectivity index (χ3v) is 3.55. The molecule has 0 saturated heterocycles. The summed E-state index contributed by atoms with van der Waals surface area (Å²) in [5.74, 6) is 0.0292. The molecule has 0 bridgehead atoms. The van der Waals surface area contributed by atoms with Gasteiger partial charge in [-0.25, -0.2) is 0 Å². The standard InChI is InChI=1S/C17H18N2O/c1-12-3-2-4-13(9-12)10-17(20)19-15-5-6-16-14(11-15)7-8-18-16/h2-6,9,11,18H,7-8,10H2,1H3,(H,19,20). The molecule has 0 atom stereocenters. The Kier molecular flexibility index (Phi) is 3.42. The molecule has 0 aromatic heterocycles. The highest BCUT2D eigenvalue weighted by atomic mass is 16.1. The van der Waals surface area contributed by atoms with E-state index in [0.717, 1.165) is 24.2 Å². The molecule has 20 heavy (non-hydrogen) atoms. The molecule has 3 nitrogen and oxygen atoms in total. The topological polar surface area (TPSA) is 41.1 Å². The summed E-state index contributed by atoms with van der Waals surface area (Å²) >= 11 is 0. The molecule has 1 heterocycles. The summed E-state index contributed by atoms with van der Waals surface area (Å²) in [7, 11) is 0. The molecule has 2 N–H and O–H groups in total. The SMILES string of the molecule is Cc1cccc(CC(=O)Nc2ccc3c(c2)CCN3)c1. The molecule has 0 spiro atoms. The van der Waals surface area contributed by atoms with Crippen LogP contribution in [0.2, 0.25) is 0 Å². The van der Waals surface area contributed by atoms with Crippen LogP contribution < -0.4 is 10.6 Å². The van der Waals surface area contributed by atoms with Crippen molar-refractivity contribution in [1.82, 2.24) is 0 Å². The maximum Gasteiger partial charge on any atom is 0.228 e. The van der Waals surface area contributed by atoms with Crippen LogP contribution in [-0.4, -0.2) is 12.5 Å². The van der Waals surface area contributed by atoms with Crippen LogP contribution in [0, 0.1) is 6.92 Å². The van der Waals surface area contributed by atoms with Crippen molar-refractivity contribution < 1.29 is 4.79 Å². The monoisotopic (exact) mass is 266 g/mol. The Balaban J connectivity index is 1.67. The Morgan fingerprint density at radius 2 is 2.15 bits per heavy atom. The number of nitrogens with one attached hydrogen (secondary N) is 2. The lowest BCUT2D eigenvalue weighted by atomic mass is 10.1. The summed E-state index contributed by atoms with van der Waals surface area (Å²) in [5.41, 5.74) is 5.56. The molecule has 2 aromatic carbocycles. The summed E-state index contributed by atoms with van der Waals surface area (Å²) < 4.78 is 0. The fourth-order valence-electron chi connectivity index (χ4n) is 2.60. The number of hydrogen-bond donors (Lipinski definition) is 2. The molecule has 0 aliphatic carbocycles. The highest BCUT2D eigenvalue weighted by Gasteiger charge is 2.11. The molecule has 0 saturated carbocycles. The van der Waals surface area contributed by atoms with Gasteiger partial charge < -0.3 is 10.6 Å². The van der Waals surface area contributed by atoms with Crippen molar-refractivity contribution in [2.24, 2.45) is 0 Å². The van der Waals surface area contributed by atoms with Crippen LogP contribution in [0.1, 0.15) is 16.7 Å². The van der Waals surface area contributed by atoms with Crippen molar-refractivity contribution >= 4 is 17.3 Å². The van der Waals surface area contributed by atoms with Crippen LogP contribution in [0.25, 0.3) is 0 Å². The quantitative estimate of drug-likeness (QED) is 0.896. The van der Waals surface area contributed by atoms with Crippen LogP contribution in [0.5, 0.6) is 0 Å². The van der Waals surface area contributed by atoms with E-state index in [0.29, 0.717) is 6.42 Å². The van der Waals surface area contributed by atoms with Gasteiger partial charge in [-0.05, 0) is 42.7 Å². The molecule has 0 unspecified atom stereocenters.